The molecule has 20 heavy (non-hydrogen) atoms. The molecular weight excluding hydrogens is 254 g/mol. The number of aliphatic imine (C=N–C) groups is 1. The van der Waals surface area contributed by atoms with E-state index in [-0.39, 0.29) is 5.54 Å². The Morgan fingerprint density at radius 2 is 1.95 bits per heavy atom. The van der Waals surface area contributed by atoms with Gasteiger partial charge in [0.2, 0.25) is 0 Å². The Morgan fingerprint density at radius 3 is 2.65 bits per heavy atom. The van der Waals surface area contributed by atoms with E-state index in [1.165, 1.54) is 0 Å². The first-order valence-electron chi connectivity index (χ1n) is 6.91. The fraction of sp³-hybridized carbons (Fsp3) is 0.533. The number of fused-ring (bicyclic) bond motifs is 1. The summed E-state index contributed by atoms with van der Waals surface area (Å²) in [6.45, 7) is 8.04. The normalized spacial score (nSPS) is 15.7. The molecule has 1 aliphatic rings. The van der Waals surface area contributed by atoms with Crippen molar-refractivity contribution in [3.05, 3.63) is 23.8 Å². The maximum Gasteiger partial charge on any atom is 0.189 e. The lowest BCUT2D eigenvalue weighted by Gasteiger charge is -2.21. The van der Waals surface area contributed by atoms with Crippen LogP contribution < -0.4 is 20.5 Å². The second-order valence-electron chi connectivity index (χ2n) is 5.91. The van der Waals surface area contributed by atoms with Crippen LogP contribution in [0.5, 0.6) is 11.5 Å². The van der Waals surface area contributed by atoms with Crippen LogP contribution in [0.1, 0.15) is 32.8 Å². The largest absolute Gasteiger partial charge is 0.490 e. The molecule has 5 heteroatoms. The van der Waals surface area contributed by atoms with Crippen LogP contribution in [0, 0.1) is 0 Å². The highest BCUT2D eigenvalue weighted by molar-refractivity contribution is 5.78. The summed E-state index contributed by atoms with van der Waals surface area (Å²) in [5.74, 6) is 2.04. The first-order valence-corrected chi connectivity index (χ1v) is 6.91. The zero-order chi connectivity index (χ0) is 14.6. The van der Waals surface area contributed by atoms with E-state index in [1.807, 2.05) is 39.0 Å². The van der Waals surface area contributed by atoms with Gasteiger partial charge in [-0.25, -0.2) is 4.99 Å². The summed E-state index contributed by atoms with van der Waals surface area (Å²) < 4.78 is 11.3. The number of rotatable bonds is 2. The topological polar surface area (TPSA) is 68.9 Å². The van der Waals surface area contributed by atoms with Gasteiger partial charge < -0.3 is 20.5 Å². The lowest BCUT2D eigenvalue weighted by molar-refractivity contribution is 0.297. The molecule has 0 bridgehead atoms. The number of hydrogen-bond acceptors (Lipinski definition) is 3. The van der Waals surface area contributed by atoms with Gasteiger partial charge in [0.05, 0.1) is 19.8 Å². The number of hydrogen-bond donors (Lipinski definition) is 2. The summed E-state index contributed by atoms with van der Waals surface area (Å²) in [6, 6.07) is 5.88. The number of nitrogens with two attached hydrogens (primary N) is 1. The molecule has 0 atom stereocenters. The zero-order valence-corrected chi connectivity index (χ0v) is 12.4. The van der Waals surface area contributed by atoms with E-state index < -0.39 is 0 Å². The highest BCUT2D eigenvalue weighted by atomic mass is 16.5. The standard InChI is InChI=1S/C15H23N3O2/c1-15(2,3)18-14(16)17-10-11-5-6-12-13(9-11)20-8-4-7-19-12/h5-6,9H,4,7-8,10H2,1-3H3,(H3,16,17,18). The quantitative estimate of drug-likeness (QED) is 0.641. The van der Waals surface area contributed by atoms with Gasteiger partial charge in [-0.3, -0.25) is 0 Å². The average Bonchev–Trinajstić information content (AvgIpc) is 2.58. The monoisotopic (exact) mass is 277 g/mol. The predicted molar refractivity (Wildman–Crippen MR) is 80.3 cm³/mol. The van der Waals surface area contributed by atoms with Crippen molar-refractivity contribution < 1.29 is 9.47 Å². The van der Waals surface area contributed by atoms with Gasteiger partial charge in [0.1, 0.15) is 0 Å². The third-order valence-corrected chi connectivity index (χ3v) is 2.75. The molecule has 0 aromatic heterocycles. The van der Waals surface area contributed by atoms with Gasteiger partial charge in [-0.2, -0.15) is 0 Å². The number of benzene rings is 1. The fourth-order valence-electron chi connectivity index (χ4n) is 1.91. The van der Waals surface area contributed by atoms with Gasteiger partial charge >= 0.3 is 0 Å². The maximum atomic E-state index is 5.85. The molecule has 0 saturated heterocycles. The molecule has 1 heterocycles. The molecular formula is C15H23N3O2. The summed E-state index contributed by atoms with van der Waals surface area (Å²) >= 11 is 0. The number of ether oxygens (including phenoxy) is 2. The Kier molecular flexibility index (Phi) is 4.37. The van der Waals surface area contributed by atoms with Crippen LogP contribution in [0.2, 0.25) is 0 Å². The first kappa shape index (κ1) is 14.5. The van der Waals surface area contributed by atoms with Crippen molar-refractivity contribution in [2.45, 2.75) is 39.3 Å². The van der Waals surface area contributed by atoms with Gasteiger partial charge in [0, 0.05) is 12.0 Å². The Labute approximate surface area is 120 Å². The van der Waals surface area contributed by atoms with Crippen molar-refractivity contribution >= 4 is 5.96 Å². The van der Waals surface area contributed by atoms with Gasteiger partial charge in [0.15, 0.2) is 17.5 Å². The van der Waals surface area contributed by atoms with Crippen molar-refractivity contribution in [3.63, 3.8) is 0 Å². The van der Waals surface area contributed by atoms with Crippen molar-refractivity contribution in [1.29, 1.82) is 0 Å². The van der Waals surface area contributed by atoms with Crippen LogP contribution in [0.15, 0.2) is 23.2 Å². The predicted octanol–water partition coefficient (Wildman–Crippen LogP) is 2.05. The maximum absolute atomic E-state index is 5.85. The summed E-state index contributed by atoms with van der Waals surface area (Å²) in [6.07, 6.45) is 0.907. The molecule has 5 nitrogen and oxygen atoms in total. The summed E-state index contributed by atoms with van der Waals surface area (Å²) in [5, 5.41) is 3.13. The first-order chi connectivity index (χ1) is 9.44. The van der Waals surface area contributed by atoms with E-state index in [0.29, 0.717) is 25.7 Å². The SMILES string of the molecule is CC(C)(C)NC(N)=NCc1ccc2c(c1)OCCCO2. The van der Waals surface area contributed by atoms with Gasteiger partial charge in [-0.1, -0.05) is 6.07 Å². The van der Waals surface area contributed by atoms with E-state index in [4.69, 9.17) is 15.2 Å². The molecule has 1 aromatic rings. The molecule has 0 radical (unpaired) electrons. The van der Waals surface area contributed by atoms with Crippen LogP contribution in [-0.2, 0) is 6.54 Å². The average molecular weight is 277 g/mol. The smallest absolute Gasteiger partial charge is 0.189 e. The van der Waals surface area contributed by atoms with Crippen molar-refractivity contribution in [2.24, 2.45) is 10.7 Å². The Balaban J connectivity index is 2.03. The molecule has 0 unspecified atom stereocenters. The van der Waals surface area contributed by atoms with E-state index in [9.17, 15) is 0 Å². The minimum Gasteiger partial charge on any atom is -0.490 e. The van der Waals surface area contributed by atoms with Gasteiger partial charge in [-0.05, 0) is 38.5 Å². The van der Waals surface area contributed by atoms with E-state index in [1.54, 1.807) is 0 Å². The second-order valence-corrected chi connectivity index (χ2v) is 5.91. The van der Waals surface area contributed by atoms with Crippen molar-refractivity contribution in [2.75, 3.05) is 13.2 Å². The molecule has 0 fully saturated rings. The molecule has 0 amide bonds. The van der Waals surface area contributed by atoms with Crippen molar-refractivity contribution in [3.8, 4) is 11.5 Å². The Hall–Kier alpha value is -1.91. The van der Waals surface area contributed by atoms with E-state index in [2.05, 4.69) is 10.3 Å². The molecule has 3 N–H and O–H groups in total. The Bertz CT molecular complexity index is 492. The van der Waals surface area contributed by atoms with Crippen LogP contribution >= 0.6 is 0 Å². The third-order valence-electron chi connectivity index (χ3n) is 2.75. The van der Waals surface area contributed by atoms with Crippen LogP contribution in [0.4, 0.5) is 0 Å². The lowest BCUT2D eigenvalue weighted by atomic mass is 10.1. The van der Waals surface area contributed by atoms with Gasteiger partial charge in [-0.15, -0.1) is 0 Å². The number of guanidine groups is 1. The van der Waals surface area contributed by atoms with Gasteiger partial charge in [0.25, 0.3) is 0 Å². The molecule has 0 aliphatic carbocycles. The van der Waals surface area contributed by atoms with E-state index >= 15 is 0 Å². The van der Waals surface area contributed by atoms with Crippen molar-refractivity contribution in [1.82, 2.24) is 5.32 Å². The summed E-state index contributed by atoms with van der Waals surface area (Å²) in [4.78, 5) is 4.34. The summed E-state index contributed by atoms with van der Waals surface area (Å²) in [7, 11) is 0. The lowest BCUT2D eigenvalue weighted by Crippen LogP contribution is -2.44. The van der Waals surface area contributed by atoms with Crippen LogP contribution in [0.25, 0.3) is 0 Å². The summed E-state index contributed by atoms with van der Waals surface area (Å²) in [5.41, 5.74) is 6.82. The molecule has 0 saturated carbocycles. The molecule has 1 aromatic carbocycles. The van der Waals surface area contributed by atoms with E-state index in [0.717, 1.165) is 23.5 Å². The number of nitrogens with zero attached hydrogens (tertiary/aromatic N) is 1. The Morgan fingerprint density at radius 1 is 1.25 bits per heavy atom. The zero-order valence-electron chi connectivity index (χ0n) is 12.4. The highest BCUT2D eigenvalue weighted by Gasteiger charge is 2.11. The minimum absolute atomic E-state index is 0.0850. The molecule has 110 valence electrons. The molecule has 0 spiro atoms. The highest BCUT2D eigenvalue weighted by Crippen LogP contribution is 2.30. The third kappa shape index (κ3) is 4.33. The van der Waals surface area contributed by atoms with Crippen LogP contribution in [-0.4, -0.2) is 24.7 Å². The number of nitrogens with one attached hydrogen (secondary N) is 1. The molecule has 1 aliphatic heterocycles. The second kappa shape index (κ2) is 6.03. The minimum atomic E-state index is -0.0850. The van der Waals surface area contributed by atoms with Crippen LogP contribution in [0.3, 0.4) is 0 Å². The molecule has 2 rings (SSSR count). The fourth-order valence-corrected chi connectivity index (χ4v) is 1.91.